The van der Waals surface area contributed by atoms with Gasteiger partial charge in [-0.1, -0.05) is 20.1 Å². The van der Waals surface area contributed by atoms with Gasteiger partial charge in [0, 0.05) is 34.7 Å². The summed E-state index contributed by atoms with van der Waals surface area (Å²) in [5.41, 5.74) is 1.09. The van der Waals surface area contributed by atoms with Crippen molar-refractivity contribution in [1.29, 1.82) is 0 Å². The average molecular weight is 220 g/mol. The third-order valence-corrected chi connectivity index (χ3v) is 3.50. The van der Waals surface area contributed by atoms with Crippen LogP contribution in [-0.4, -0.2) is 22.4 Å². The monoisotopic (exact) mass is 220 g/mol. The molecule has 1 fully saturated rings. The van der Waals surface area contributed by atoms with E-state index < -0.39 is 0 Å². The molecule has 1 aromatic heterocycles. The number of hydrogen-bond donors (Lipinski definition) is 0. The molecule has 1 aromatic rings. The fraction of sp³-hybridized carbons (Fsp3) is 0.417. The highest BCUT2D eigenvalue weighted by Gasteiger charge is 2.18. The minimum absolute atomic E-state index is 0.787. The fourth-order valence-corrected chi connectivity index (χ4v) is 2.37. The lowest BCUT2D eigenvalue weighted by Crippen LogP contribution is -2.22. The van der Waals surface area contributed by atoms with E-state index in [1.54, 1.807) is 0 Å². The van der Waals surface area contributed by atoms with Gasteiger partial charge < -0.3 is 4.90 Å². The standard InChI is InChI=1S/C12H16N2S/c1-9-4-5-14(8-9)10(2)6-12-7-13-15-11(12)3/h6-7,9H,2-5,8H2,1H3/b12-6-. The lowest BCUT2D eigenvalue weighted by molar-refractivity contribution is 0.430. The van der Waals surface area contributed by atoms with Crippen LogP contribution in [0.15, 0.2) is 18.5 Å². The molecule has 0 aromatic carbocycles. The summed E-state index contributed by atoms with van der Waals surface area (Å²) in [5, 5.41) is 1.10. The van der Waals surface area contributed by atoms with Crippen LogP contribution in [0.1, 0.15) is 13.3 Å². The maximum Gasteiger partial charge on any atom is 0.0486 e. The van der Waals surface area contributed by atoms with Gasteiger partial charge in [-0.25, -0.2) is 0 Å². The second-order valence-corrected chi connectivity index (χ2v) is 5.07. The lowest BCUT2D eigenvalue weighted by Gasteiger charge is -2.17. The Morgan fingerprint density at radius 1 is 1.73 bits per heavy atom. The largest absolute Gasteiger partial charge is 0.372 e. The van der Waals surface area contributed by atoms with E-state index in [0.717, 1.165) is 34.5 Å². The molecule has 1 unspecified atom stereocenters. The Balaban J connectivity index is 2.17. The molecule has 80 valence electrons. The van der Waals surface area contributed by atoms with Gasteiger partial charge in [-0.15, -0.1) is 0 Å². The summed E-state index contributed by atoms with van der Waals surface area (Å²) in [6, 6.07) is 0. The van der Waals surface area contributed by atoms with E-state index in [9.17, 15) is 0 Å². The van der Waals surface area contributed by atoms with Crippen molar-refractivity contribution in [2.45, 2.75) is 13.3 Å². The van der Waals surface area contributed by atoms with Crippen molar-refractivity contribution in [3.8, 4) is 0 Å². The van der Waals surface area contributed by atoms with Gasteiger partial charge in [0.15, 0.2) is 0 Å². The Morgan fingerprint density at radius 3 is 3.07 bits per heavy atom. The van der Waals surface area contributed by atoms with Gasteiger partial charge in [-0.3, -0.25) is 0 Å². The molecule has 0 amide bonds. The van der Waals surface area contributed by atoms with Crippen LogP contribution in [0.25, 0.3) is 12.7 Å². The number of likely N-dealkylation sites (tertiary alicyclic amines) is 1. The van der Waals surface area contributed by atoms with Gasteiger partial charge in [0.1, 0.15) is 0 Å². The van der Waals surface area contributed by atoms with Crippen LogP contribution >= 0.6 is 11.5 Å². The van der Waals surface area contributed by atoms with E-state index >= 15 is 0 Å². The second-order valence-electron chi connectivity index (χ2n) is 4.18. The molecule has 2 rings (SSSR count). The minimum Gasteiger partial charge on any atom is -0.372 e. The highest BCUT2D eigenvalue weighted by molar-refractivity contribution is 7.03. The van der Waals surface area contributed by atoms with Crippen molar-refractivity contribution < 1.29 is 0 Å². The molecule has 1 atom stereocenters. The molecule has 0 spiro atoms. The molecule has 2 nitrogen and oxygen atoms in total. The zero-order chi connectivity index (χ0) is 10.8. The summed E-state index contributed by atoms with van der Waals surface area (Å²) in [4.78, 5) is 2.34. The number of allylic oxidation sites excluding steroid dienone is 1. The summed E-state index contributed by atoms with van der Waals surface area (Å²) in [5.74, 6) is 0.787. The Hall–Kier alpha value is -1.09. The van der Waals surface area contributed by atoms with Crippen molar-refractivity contribution in [2.24, 2.45) is 5.92 Å². The van der Waals surface area contributed by atoms with Crippen molar-refractivity contribution in [3.05, 3.63) is 28.2 Å². The predicted molar refractivity (Wildman–Crippen MR) is 65.8 cm³/mol. The van der Waals surface area contributed by atoms with Gasteiger partial charge in [-0.05, 0) is 29.9 Å². The summed E-state index contributed by atoms with van der Waals surface area (Å²) in [7, 11) is 0. The molecular formula is C12H16N2S. The van der Waals surface area contributed by atoms with Gasteiger partial charge in [0.05, 0.1) is 0 Å². The summed E-state index contributed by atoms with van der Waals surface area (Å²) in [6.07, 6.45) is 5.22. The number of nitrogens with zero attached hydrogens (tertiary/aromatic N) is 2. The Kier molecular flexibility index (Phi) is 2.91. The Morgan fingerprint density at radius 2 is 2.53 bits per heavy atom. The van der Waals surface area contributed by atoms with Crippen molar-refractivity contribution in [2.75, 3.05) is 13.1 Å². The normalized spacial score (nSPS) is 22.3. The van der Waals surface area contributed by atoms with Crippen LogP contribution in [0.3, 0.4) is 0 Å². The summed E-state index contributed by atoms with van der Waals surface area (Å²) >= 11 is 1.44. The highest BCUT2D eigenvalue weighted by Crippen LogP contribution is 2.19. The molecular weight excluding hydrogens is 204 g/mol. The quantitative estimate of drug-likeness (QED) is 0.744. The SMILES string of the molecule is C=C(/C=c1/cnsc1=C)N1CCC(C)C1. The zero-order valence-electron chi connectivity index (χ0n) is 9.07. The molecule has 0 N–H and O–H groups in total. The molecule has 0 radical (unpaired) electrons. The zero-order valence-corrected chi connectivity index (χ0v) is 9.89. The minimum atomic E-state index is 0.787. The maximum absolute atomic E-state index is 4.11. The van der Waals surface area contributed by atoms with E-state index in [1.165, 1.54) is 18.0 Å². The van der Waals surface area contributed by atoms with E-state index in [1.807, 2.05) is 6.20 Å². The Bertz CT molecular complexity index is 460. The molecule has 2 heterocycles. The first-order chi connectivity index (χ1) is 7.16. The lowest BCUT2D eigenvalue weighted by atomic mass is 10.2. The van der Waals surface area contributed by atoms with Gasteiger partial charge in [-0.2, -0.15) is 4.37 Å². The molecule has 3 heteroatoms. The first-order valence-corrected chi connectivity index (χ1v) is 5.99. The molecule has 1 saturated heterocycles. The van der Waals surface area contributed by atoms with Crippen molar-refractivity contribution in [1.82, 2.24) is 9.27 Å². The molecule has 0 saturated carbocycles. The number of hydrogen-bond acceptors (Lipinski definition) is 3. The van der Waals surface area contributed by atoms with Crippen LogP contribution in [-0.2, 0) is 0 Å². The van der Waals surface area contributed by atoms with Crippen LogP contribution in [0.2, 0.25) is 0 Å². The van der Waals surface area contributed by atoms with E-state index in [2.05, 4.69) is 35.4 Å². The fourth-order valence-electron chi connectivity index (χ4n) is 1.86. The van der Waals surface area contributed by atoms with Gasteiger partial charge in [0.2, 0.25) is 0 Å². The molecule has 0 aliphatic carbocycles. The summed E-state index contributed by atoms with van der Waals surface area (Å²) < 4.78 is 5.12. The van der Waals surface area contributed by atoms with Gasteiger partial charge in [0.25, 0.3) is 0 Å². The molecule has 0 bridgehead atoms. The van der Waals surface area contributed by atoms with E-state index in [4.69, 9.17) is 0 Å². The third kappa shape index (κ3) is 2.29. The predicted octanol–water partition coefficient (Wildman–Crippen LogP) is 1.19. The Labute approximate surface area is 94.4 Å². The third-order valence-electron chi connectivity index (χ3n) is 2.83. The topological polar surface area (TPSA) is 16.1 Å². The van der Waals surface area contributed by atoms with Crippen LogP contribution in [0, 0.1) is 5.92 Å². The van der Waals surface area contributed by atoms with Crippen LogP contribution < -0.4 is 9.75 Å². The first-order valence-electron chi connectivity index (χ1n) is 5.22. The second kappa shape index (κ2) is 4.19. The van der Waals surface area contributed by atoms with Crippen molar-refractivity contribution >= 4 is 24.2 Å². The maximum atomic E-state index is 4.11. The number of rotatable bonds is 2. The van der Waals surface area contributed by atoms with E-state index in [-0.39, 0.29) is 0 Å². The van der Waals surface area contributed by atoms with E-state index in [0.29, 0.717) is 0 Å². The van der Waals surface area contributed by atoms with Crippen LogP contribution in [0.4, 0.5) is 0 Å². The molecule has 15 heavy (non-hydrogen) atoms. The highest BCUT2D eigenvalue weighted by atomic mass is 32.1. The molecule has 1 aliphatic heterocycles. The first kappa shape index (κ1) is 10.4. The average Bonchev–Trinajstić information content (AvgIpc) is 2.77. The van der Waals surface area contributed by atoms with Gasteiger partial charge >= 0.3 is 0 Å². The smallest absolute Gasteiger partial charge is 0.0486 e. The number of aromatic nitrogens is 1. The van der Waals surface area contributed by atoms with Crippen molar-refractivity contribution in [3.63, 3.8) is 0 Å². The van der Waals surface area contributed by atoms with Crippen LogP contribution in [0.5, 0.6) is 0 Å². The summed E-state index contributed by atoms with van der Waals surface area (Å²) in [6.45, 7) is 12.6. The molecule has 1 aliphatic rings.